The smallest absolute Gasteiger partial charge is 0.251 e. The highest BCUT2D eigenvalue weighted by atomic mass is 16.5. The Morgan fingerprint density at radius 1 is 1.24 bits per heavy atom. The molecule has 5 heteroatoms. The third-order valence-corrected chi connectivity index (χ3v) is 3.40. The van der Waals surface area contributed by atoms with Crippen molar-refractivity contribution in [3.8, 4) is 11.5 Å². The van der Waals surface area contributed by atoms with Crippen LogP contribution in [0.1, 0.15) is 37.0 Å². The highest BCUT2D eigenvalue weighted by molar-refractivity contribution is 5.95. The first-order valence-corrected chi connectivity index (χ1v) is 7.65. The Morgan fingerprint density at radius 2 is 1.90 bits per heavy atom. The minimum atomic E-state index is -0.0776. The van der Waals surface area contributed by atoms with E-state index in [9.17, 15) is 4.79 Å². The molecule has 0 saturated carbocycles. The summed E-state index contributed by atoms with van der Waals surface area (Å²) in [7, 11) is 0. The molecule has 0 aliphatic carbocycles. The van der Waals surface area contributed by atoms with Crippen LogP contribution in [0.4, 0.5) is 0 Å². The van der Waals surface area contributed by atoms with E-state index in [0.717, 1.165) is 25.9 Å². The topological polar surface area (TPSA) is 59.6 Å². The Balaban J connectivity index is 2.10. The number of nitrogens with one attached hydrogen (secondary N) is 2. The van der Waals surface area contributed by atoms with Gasteiger partial charge in [-0.1, -0.05) is 0 Å². The van der Waals surface area contributed by atoms with Crippen LogP contribution in [0.2, 0.25) is 0 Å². The molecule has 21 heavy (non-hydrogen) atoms. The van der Waals surface area contributed by atoms with Crippen molar-refractivity contribution in [2.45, 2.75) is 32.7 Å². The molecule has 1 fully saturated rings. The summed E-state index contributed by atoms with van der Waals surface area (Å²) >= 11 is 0. The van der Waals surface area contributed by atoms with Crippen LogP contribution in [0, 0.1) is 0 Å². The maximum absolute atomic E-state index is 12.4. The van der Waals surface area contributed by atoms with Crippen LogP contribution in [0.5, 0.6) is 11.5 Å². The van der Waals surface area contributed by atoms with E-state index in [2.05, 4.69) is 10.6 Å². The summed E-state index contributed by atoms with van der Waals surface area (Å²) < 4.78 is 11.0. The molecule has 0 radical (unpaired) electrons. The third-order valence-electron chi connectivity index (χ3n) is 3.40. The Hall–Kier alpha value is -1.75. The molecular formula is C16H24N2O3. The molecule has 1 aromatic carbocycles. The van der Waals surface area contributed by atoms with Crippen molar-refractivity contribution >= 4 is 5.91 Å². The van der Waals surface area contributed by atoms with Gasteiger partial charge in [-0.15, -0.1) is 0 Å². The van der Waals surface area contributed by atoms with E-state index < -0.39 is 0 Å². The van der Waals surface area contributed by atoms with Crippen molar-refractivity contribution in [3.05, 3.63) is 23.8 Å². The van der Waals surface area contributed by atoms with E-state index in [4.69, 9.17) is 9.47 Å². The maximum atomic E-state index is 12.4. The molecule has 1 saturated heterocycles. The predicted molar refractivity (Wildman–Crippen MR) is 82.1 cm³/mol. The Kier molecular flexibility index (Phi) is 5.87. The zero-order valence-corrected chi connectivity index (χ0v) is 12.8. The fraction of sp³-hybridized carbons (Fsp3) is 0.562. The van der Waals surface area contributed by atoms with Crippen LogP contribution >= 0.6 is 0 Å². The van der Waals surface area contributed by atoms with Gasteiger partial charge < -0.3 is 20.1 Å². The highest BCUT2D eigenvalue weighted by Crippen LogP contribution is 2.23. The van der Waals surface area contributed by atoms with Crippen LogP contribution in [-0.4, -0.2) is 38.3 Å². The minimum Gasteiger partial charge on any atom is -0.494 e. The van der Waals surface area contributed by atoms with Crippen LogP contribution in [0.3, 0.4) is 0 Å². The van der Waals surface area contributed by atoms with E-state index in [-0.39, 0.29) is 11.9 Å². The van der Waals surface area contributed by atoms with Crippen molar-refractivity contribution in [3.63, 3.8) is 0 Å². The molecule has 5 nitrogen and oxygen atoms in total. The second kappa shape index (κ2) is 7.88. The lowest BCUT2D eigenvalue weighted by Gasteiger charge is -2.24. The molecule has 0 bridgehead atoms. The molecule has 1 aliphatic rings. The monoisotopic (exact) mass is 292 g/mol. The summed E-state index contributed by atoms with van der Waals surface area (Å²) in [6.45, 7) is 6.81. The van der Waals surface area contributed by atoms with Gasteiger partial charge in [-0.2, -0.15) is 0 Å². The van der Waals surface area contributed by atoms with E-state index >= 15 is 0 Å². The number of carbonyl (C=O) groups excluding carboxylic acids is 1. The van der Waals surface area contributed by atoms with Gasteiger partial charge in [0, 0.05) is 24.2 Å². The van der Waals surface area contributed by atoms with Crippen molar-refractivity contribution < 1.29 is 14.3 Å². The second-order valence-electron chi connectivity index (χ2n) is 5.08. The number of piperidine rings is 1. The van der Waals surface area contributed by atoms with Crippen LogP contribution in [-0.2, 0) is 0 Å². The zero-order valence-electron chi connectivity index (χ0n) is 12.8. The predicted octanol–water partition coefficient (Wildman–Crippen LogP) is 1.97. The average Bonchev–Trinajstić information content (AvgIpc) is 2.49. The van der Waals surface area contributed by atoms with Gasteiger partial charge in [-0.3, -0.25) is 4.79 Å². The molecule has 1 heterocycles. The first-order valence-electron chi connectivity index (χ1n) is 7.65. The molecule has 0 aromatic heterocycles. The molecule has 0 spiro atoms. The van der Waals surface area contributed by atoms with E-state index in [1.807, 2.05) is 19.9 Å². The SMILES string of the molecule is CCOc1cc(OCC)cc(C(=O)NC2CCCNC2)c1. The fourth-order valence-electron chi connectivity index (χ4n) is 2.45. The molecule has 116 valence electrons. The highest BCUT2D eigenvalue weighted by Gasteiger charge is 2.17. The first-order chi connectivity index (χ1) is 10.2. The molecule has 1 atom stereocenters. The van der Waals surface area contributed by atoms with Gasteiger partial charge in [0.15, 0.2) is 0 Å². The quantitative estimate of drug-likeness (QED) is 0.841. The van der Waals surface area contributed by atoms with Crippen LogP contribution < -0.4 is 20.1 Å². The van der Waals surface area contributed by atoms with Crippen molar-refractivity contribution in [2.75, 3.05) is 26.3 Å². The Morgan fingerprint density at radius 3 is 2.43 bits per heavy atom. The normalized spacial score (nSPS) is 18.1. The van der Waals surface area contributed by atoms with Gasteiger partial charge in [-0.25, -0.2) is 0 Å². The van der Waals surface area contributed by atoms with Crippen LogP contribution in [0.25, 0.3) is 0 Å². The van der Waals surface area contributed by atoms with Gasteiger partial charge in [0.2, 0.25) is 0 Å². The van der Waals surface area contributed by atoms with Gasteiger partial charge in [0.1, 0.15) is 11.5 Å². The number of ether oxygens (including phenoxy) is 2. The molecule has 1 aliphatic heterocycles. The fourth-order valence-corrected chi connectivity index (χ4v) is 2.45. The number of amides is 1. The molecule has 2 rings (SSSR count). The number of hydrogen-bond acceptors (Lipinski definition) is 4. The standard InChI is InChI=1S/C16H24N2O3/c1-3-20-14-8-12(9-15(10-14)21-4-2)16(19)18-13-6-5-7-17-11-13/h8-10,13,17H,3-7,11H2,1-2H3,(H,18,19). The van der Waals surface area contributed by atoms with Crippen molar-refractivity contribution in [1.82, 2.24) is 10.6 Å². The summed E-state index contributed by atoms with van der Waals surface area (Å²) in [6, 6.07) is 5.53. The first kappa shape index (κ1) is 15.6. The largest absolute Gasteiger partial charge is 0.494 e. The van der Waals surface area contributed by atoms with Gasteiger partial charge in [0.05, 0.1) is 13.2 Å². The molecule has 1 amide bonds. The van der Waals surface area contributed by atoms with Crippen molar-refractivity contribution in [2.24, 2.45) is 0 Å². The van der Waals surface area contributed by atoms with Gasteiger partial charge in [-0.05, 0) is 45.4 Å². The lowest BCUT2D eigenvalue weighted by atomic mass is 10.1. The van der Waals surface area contributed by atoms with Crippen molar-refractivity contribution in [1.29, 1.82) is 0 Å². The number of benzene rings is 1. The maximum Gasteiger partial charge on any atom is 0.251 e. The zero-order chi connectivity index (χ0) is 15.1. The lowest BCUT2D eigenvalue weighted by Crippen LogP contribution is -2.45. The summed E-state index contributed by atoms with van der Waals surface area (Å²) in [5.41, 5.74) is 0.579. The molecule has 2 N–H and O–H groups in total. The number of carbonyl (C=O) groups is 1. The van der Waals surface area contributed by atoms with E-state index in [1.165, 1.54) is 0 Å². The number of rotatable bonds is 6. The Bertz CT molecular complexity index is 446. The van der Waals surface area contributed by atoms with E-state index in [1.54, 1.807) is 12.1 Å². The molecular weight excluding hydrogens is 268 g/mol. The summed E-state index contributed by atoms with van der Waals surface area (Å²) in [5, 5.41) is 6.35. The van der Waals surface area contributed by atoms with E-state index in [0.29, 0.717) is 30.3 Å². The second-order valence-corrected chi connectivity index (χ2v) is 5.08. The summed E-state index contributed by atoms with van der Waals surface area (Å²) in [5.74, 6) is 1.25. The number of hydrogen-bond donors (Lipinski definition) is 2. The molecule has 1 aromatic rings. The van der Waals surface area contributed by atoms with Crippen LogP contribution in [0.15, 0.2) is 18.2 Å². The lowest BCUT2D eigenvalue weighted by molar-refractivity contribution is 0.0929. The Labute approximate surface area is 126 Å². The van der Waals surface area contributed by atoms with Gasteiger partial charge >= 0.3 is 0 Å². The summed E-state index contributed by atoms with van der Waals surface area (Å²) in [4.78, 5) is 12.4. The summed E-state index contributed by atoms with van der Waals surface area (Å²) in [6.07, 6.45) is 2.11. The third kappa shape index (κ3) is 4.63. The van der Waals surface area contributed by atoms with Gasteiger partial charge in [0.25, 0.3) is 5.91 Å². The minimum absolute atomic E-state index is 0.0776. The molecule has 1 unspecified atom stereocenters. The average molecular weight is 292 g/mol.